The number of carbonyl (C=O) groups is 1. The maximum atomic E-state index is 12.4. The van der Waals surface area contributed by atoms with E-state index in [1.165, 1.54) is 23.3 Å². The predicted molar refractivity (Wildman–Crippen MR) is 101 cm³/mol. The van der Waals surface area contributed by atoms with Gasteiger partial charge in [0.15, 0.2) is 5.65 Å². The lowest BCUT2D eigenvalue weighted by atomic mass is 9.97. The standard InChI is InChI=1S/C18H23N5O2S/c1-3-25-10-6-9-19-17(24)15-21-16-14-12-7-4-5-8-13(12)26-18(14)20-11(2)23(16)22-15/h3-10H2,1-2H3,(H,19,24). The first kappa shape index (κ1) is 17.4. The number of ether oxygens (including phenoxy) is 1. The Morgan fingerprint density at radius 2 is 2.15 bits per heavy atom. The molecule has 8 heteroatoms. The molecule has 0 fully saturated rings. The number of amides is 1. The van der Waals surface area contributed by atoms with Gasteiger partial charge >= 0.3 is 0 Å². The van der Waals surface area contributed by atoms with Crippen LogP contribution in [0.4, 0.5) is 0 Å². The minimum absolute atomic E-state index is 0.203. The van der Waals surface area contributed by atoms with Crippen LogP contribution in [0.2, 0.25) is 0 Å². The first-order valence-electron chi connectivity index (χ1n) is 9.22. The molecule has 26 heavy (non-hydrogen) atoms. The van der Waals surface area contributed by atoms with E-state index in [-0.39, 0.29) is 11.7 Å². The van der Waals surface area contributed by atoms with Gasteiger partial charge in [-0.05, 0) is 51.5 Å². The molecule has 0 radical (unpaired) electrons. The van der Waals surface area contributed by atoms with Crippen molar-refractivity contribution >= 4 is 33.1 Å². The third-order valence-corrected chi connectivity index (χ3v) is 5.90. The molecule has 1 N–H and O–H groups in total. The van der Waals surface area contributed by atoms with E-state index in [1.54, 1.807) is 15.9 Å². The zero-order chi connectivity index (χ0) is 18.1. The van der Waals surface area contributed by atoms with E-state index in [0.29, 0.717) is 19.8 Å². The molecule has 0 bridgehead atoms. The van der Waals surface area contributed by atoms with Crippen molar-refractivity contribution in [2.24, 2.45) is 0 Å². The second-order valence-corrected chi connectivity index (χ2v) is 7.61. The zero-order valence-electron chi connectivity index (χ0n) is 15.2. The number of nitrogens with zero attached hydrogens (tertiary/aromatic N) is 4. The molecule has 1 aliphatic rings. The number of carbonyl (C=O) groups excluding carboxylic acids is 1. The highest BCUT2D eigenvalue weighted by atomic mass is 32.1. The van der Waals surface area contributed by atoms with E-state index < -0.39 is 0 Å². The highest BCUT2D eigenvalue weighted by Gasteiger charge is 2.23. The maximum absolute atomic E-state index is 12.4. The molecule has 138 valence electrons. The summed E-state index contributed by atoms with van der Waals surface area (Å²) in [6.45, 7) is 5.74. The lowest BCUT2D eigenvalue weighted by molar-refractivity contribution is 0.0934. The van der Waals surface area contributed by atoms with Gasteiger partial charge in [0.2, 0.25) is 5.82 Å². The highest BCUT2D eigenvalue weighted by molar-refractivity contribution is 7.19. The molecule has 0 unspecified atom stereocenters. The number of rotatable bonds is 6. The fraction of sp³-hybridized carbons (Fsp3) is 0.556. The Morgan fingerprint density at radius 3 is 3.00 bits per heavy atom. The Kier molecular flexibility index (Phi) is 4.86. The predicted octanol–water partition coefficient (Wildman–Crippen LogP) is 2.68. The van der Waals surface area contributed by atoms with Crippen LogP contribution in [0.15, 0.2) is 0 Å². The van der Waals surface area contributed by atoms with Gasteiger partial charge in [-0.25, -0.2) is 9.97 Å². The van der Waals surface area contributed by atoms with Crippen LogP contribution >= 0.6 is 11.3 Å². The fourth-order valence-corrected chi connectivity index (χ4v) is 4.75. The van der Waals surface area contributed by atoms with Crippen LogP contribution < -0.4 is 5.32 Å². The Hall–Kier alpha value is -2.06. The third-order valence-electron chi connectivity index (χ3n) is 4.71. The normalized spacial score (nSPS) is 14.1. The summed E-state index contributed by atoms with van der Waals surface area (Å²) in [5.74, 6) is 0.713. The van der Waals surface area contributed by atoms with Gasteiger partial charge in [0.1, 0.15) is 10.7 Å². The summed E-state index contributed by atoms with van der Waals surface area (Å²) in [7, 11) is 0. The van der Waals surface area contributed by atoms with Crippen molar-refractivity contribution in [1.29, 1.82) is 0 Å². The molecule has 0 saturated carbocycles. The quantitative estimate of drug-likeness (QED) is 0.672. The monoisotopic (exact) mass is 373 g/mol. The number of aromatic nitrogens is 4. The largest absolute Gasteiger partial charge is 0.382 e. The van der Waals surface area contributed by atoms with Gasteiger partial charge in [0.05, 0.1) is 5.39 Å². The molecular weight excluding hydrogens is 350 g/mol. The van der Waals surface area contributed by atoms with E-state index >= 15 is 0 Å². The molecular formula is C18H23N5O2S. The summed E-state index contributed by atoms with van der Waals surface area (Å²) >= 11 is 1.76. The number of thiophene rings is 1. The Labute approximate surface area is 155 Å². The Bertz CT molecular complexity index is 962. The third kappa shape index (κ3) is 3.07. The van der Waals surface area contributed by atoms with Crippen molar-refractivity contribution in [3.8, 4) is 0 Å². The molecule has 0 spiro atoms. The van der Waals surface area contributed by atoms with E-state index in [1.807, 2.05) is 13.8 Å². The summed E-state index contributed by atoms with van der Waals surface area (Å²) in [5.41, 5.74) is 2.11. The van der Waals surface area contributed by atoms with Gasteiger partial charge < -0.3 is 10.1 Å². The van der Waals surface area contributed by atoms with E-state index in [4.69, 9.17) is 9.72 Å². The summed E-state index contributed by atoms with van der Waals surface area (Å²) in [6, 6.07) is 0. The van der Waals surface area contributed by atoms with Crippen LogP contribution in [0, 0.1) is 6.92 Å². The van der Waals surface area contributed by atoms with Crippen LogP contribution in [0.25, 0.3) is 15.9 Å². The lowest BCUT2D eigenvalue weighted by Gasteiger charge is -2.10. The van der Waals surface area contributed by atoms with Crippen molar-refractivity contribution in [3.63, 3.8) is 0 Å². The number of aryl methyl sites for hydroxylation is 3. The molecule has 3 aromatic heterocycles. The van der Waals surface area contributed by atoms with Gasteiger partial charge in [-0.15, -0.1) is 16.4 Å². The van der Waals surface area contributed by atoms with Gasteiger partial charge in [-0.1, -0.05) is 0 Å². The number of hydrogen-bond donors (Lipinski definition) is 1. The first-order valence-corrected chi connectivity index (χ1v) is 10.0. The molecule has 1 amide bonds. The van der Waals surface area contributed by atoms with Crippen molar-refractivity contribution < 1.29 is 9.53 Å². The van der Waals surface area contributed by atoms with Gasteiger partial charge in [-0.3, -0.25) is 4.79 Å². The molecule has 0 aliphatic heterocycles. The molecule has 0 aromatic carbocycles. The molecule has 4 rings (SSSR count). The van der Waals surface area contributed by atoms with Crippen molar-refractivity contribution in [3.05, 3.63) is 22.1 Å². The van der Waals surface area contributed by atoms with Crippen LogP contribution in [-0.4, -0.2) is 45.2 Å². The van der Waals surface area contributed by atoms with E-state index in [2.05, 4.69) is 15.4 Å². The molecule has 0 atom stereocenters. The first-order chi connectivity index (χ1) is 12.7. The van der Waals surface area contributed by atoms with Crippen LogP contribution in [0.1, 0.15) is 53.1 Å². The molecule has 3 aromatic rings. The van der Waals surface area contributed by atoms with Crippen molar-refractivity contribution in [2.75, 3.05) is 19.8 Å². The maximum Gasteiger partial charge on any atom is 0.290 e. The van der Waals surface area contributed by atoms with Crippen LogP contribution in [-0.2, 0) is 17.6 Å². The van der Waals surface area contributed by atoms with Gasteiger partial charge in [0.25, 0.3) is 5.91 Å². The number of hydrogen-bond acceptors (Lipinski definition) is 6. The fourth-order valence-electron chi connectivity index (χ4n) is 3.45. The number of fused-ring (bicyclic) bond motifs is 5. The Balaban J connectivity index is 1.66. The summed E-state index contributed by atoms with van der Waals surface area (Å²) < 4.78 is 6.99. The average Bonchev–Trinajstić information content (AvgIpc) is 3.22. The molecule has 3 heterocycles. The summed E-state index contributed by atoms with van der Waals surface area (Å²) in [5, 5.41) is 8.36. The summed E-state index contributed by atoms with van der Waals surface area (Å²) in [4.78, 5) is 24.1. The van der Waals surface area contributed by atoms with E-state index in [0.717, 1.165) is 41.0 Å². The number of nitrogens with one attached hydrogen (secondary N) is 1. The molecule has 0 saturated heterocycles. The van der Waals surface area contributed by atoms with Crippen molar-refractivity contribution in [1.82, 2.24) is 24.9 Å². The molecule has 1 aliphatic carbocycles. The SMILES string of the molecule is CCOCCCNC(=O)c1nc2c3c4c(sc3nc(C)n2n1)CCCC4. The molecule has 7 nitrogen and oxygen atoms in total. The van der Waals surface area contributed by atoms with Crippen LogP contribution in [0.5, 0.6) is 0 Å². The Morgan fingerprint density at radius 1 is 1.31 bits per heavy atom. The van der Waals surface area contributed by atoms with Crippen LogP contribution in [0.3, 0.4) is 0 Å². The van der Waals surface area contributed by atoms with Crippen molar-refractivity contribution in [2.45, 2.75) is 46.0 Å². The second kappa shape index (κ2) is 7.28. The highest BCUT2D eigenvalue weighted by Crippen LogP contribution is 2.37. The lowest BCUT2D eigenvalue weighted by Crippen LogP contribution is -2.26. The van der Waals surface area contributed by atoms with E-state index in [9.17, 15) is 4.79 Å². The summed E-state index contributed by atoms with van der Waals surface area (Å²) in [6.07, 6.45) is 5.37. The zero-order valence-corrected chi connectivity index (χ0v) is 16.0. The average molecular weight is 373 g/mol. The van der Waals surface area contributed by atoms with Gasteiger partial charge in [0, 0.05) is 24.6 Å². The van der Waals surface area contributed by atoms with Gasteiger partial charge in [-0.2, -0.15) is 4.52 Å². The topological polar surface area (TPSA) is 81.4 Å². The second-order valence-electron chi connectivity index (χ2n) is 6.53. The minimum Gasteiger partial charge on any atom is -0.382 e. The smallest absolute Gasteiger partial charge is 0.290 e. The minimum atomic E-state index is -0.248.